The van der Waals surface area contributed by atoms with Gasteiger partial charge in [0, 0.05) is 13.0 Å². The molecule has 0 aliphatic carbocycles. The zero-order valence-electron chi connectivity index (χ0n) is 11.0. The van der Waals surface area contributed by atoms with E-state index in [9.17, 15) is 9.59 Å². The maximum atomic E-state index is 11.4. The van der Waals surface area contributed by atoms with Crippen LogP contribution in [0.3, 0.4) is 0 Å². The maximum Gasteiger partial charge on any atom is 0.303 e. The van der Waals surface area contributed by atoms with Gasteiger partial charge in [0.15, 0.2) is 0 Å². The fourth-order valence-electron chi connectivity index (χ4n) is 1.41. The van der Waals surface area contributed by atoms with Crippen LogP contribution in [-0.4, -0.2) is 29.6 Å². The Morgan fingerprint density at radius 3 is 2.41 bits per heavy atom. The molecule has 0 fully saturated rings. The highest BCUT2D eigenvalue weighted by Gasteiger charge is 2.19. The van der Waals surface area contributed by atoms with E-state index in [-0.39, 0.29) is 17.7 Å². The molecule has 0 aliphatic rings. The Kier molecular flexibility index (Phi) is 6.80. The highest BCUT2D eigenvalue weighted by Crippen LogP contribution is 2.25. The third kappa shape index (κ3) is 7.74. The lowest BCUT2D eigenvalue weighted by atomic mass is 9.84. The van der Waals surface area contributed by atoms with Crippen LogP contribution in [0.1, 0.15) is 46.5 Å². The number of carbonyl (C=O) groups is 2. The number of hydrogen-bond acceptors (Lipinski definition) is 3. The predicted octanol–water partition coefficient (Wildman–Crippen LogP) is 1.12. The molecule has 4 N–H and O–H groups in total. The molecule has 0 heterocycles. The van der Waals surface area contributed by atoms with E-state index in [2.05, 4.69) is 5.32 Å². The molecule has 1 amide bonds. The first-order valence-electron chi connectivity index (χ1n) is 6.03. The fourth-order valence-corrected chi connectivity index (χ4v) is 1.41. The molecule has 0 aliphatic heterocycles. The number of carboxylic acids is 1. The monoisotopic (exact) mass is 244 g/mol. The summed E-state index contributed by atoms with van der Waals surface area (Å²) in [5.74, 6) is -0.920. The molecule has 0 aromatic heterocycles. The number of aliphatic carboxylic acids is 1. The number of amides is 1. The van der Waals surface area contributed by atoms with Crippen molar-refractivity contribution in [3.8, 4) is 0 Å². The van der Waals surface area contributed by atoms with Gasteiger partial charge < -0.3 is 16.2 Å². The van der Waals surface area contributed by atoms with Crippen LogP contribution in [0.5, 0.6) is 0 Å². The van der Waals surface area contributed by atoms with Gasteiger partial charge >= 0.3 is 5.97 Å². The third-order valence-corrected chi connectivity index (χ3v) is 2.89. The van der Waals surface area contributed by atoms with E-state index < -0.39 is 12.0 Å². The van der Waals surface area contributed by atoms with Gasteiger partial charge in [-0.05, 0) is 24.7 Å². The Bertz CT molecular complexity index is 264. The summed E-state index contributed by atoms with van der Waals surface area (Å²) in [5.41, 5.74) is 5.49. The van der Waals surface area contributed by atoms with Gasteiger partial charge in [-0.2, -0.15) is 0 Å². The van der Waals surface area contributed by atoms with Gasteiger partial charge in [0.1, 0.15) is 0 Å². The second-order valence-electron chi connectivity index (χ2n) is 5.11. The second-order valence-corrected chi connectivity index (χ2v) is 5.11. The van der Waals surface area contributed by atoms with Crippen molar-refractivity contribution >= 4 is 11.9 Å². The lowest BCUT2D eigenvalue weighted by molar-refractivity contribution is -0.137. The Morgan fingerprint density at radius 1 is 1.35 bits per heavy atom. The molecule has 0 aromatic rings. The average Bonchev–Trinajstić information content (AvgIpc) is 2.25. The first kappa shape index (κ1) is 15.9. The molecule has 100 valence electrons. The van der Waals surface area contributed by atoms with Crippen molar-refractivity contribution in [3.63, 3.8) is 0 Å². The minimum Gasteiger partial charge on any atom is -0.481 e. The molecule has 0 radical (unpaired) electrons. The lowest BCUT2D eigenvalue weighted by Crippen LogP contribution is -2.41. The quantitative estimate of drug-likeness (QED) is 0.596. The van der Waals surface area contributed by atoms with E-state index in [0.29, 0.717) is 19.4 Å². The number of nitrogens with two attached hydrogens (primary N) is 1. The molecule has 5 heteroatoms. The van der Waals surface area contributed by atoms with E-state index in [1.807, 2.05) is 20.8 Å². The fraction of sp³-hybridized carbons (Fsp3) is 0.833. The smallest absolute Gasteiger partial charge is 0.303 e. The standard InChI is InChI=1S/C12H24N2O3/c1-4-9(13)11(17)14-8-7-12(2,3)6-5-10(15)16/h9H,4-8,13H2,1-3H3,(H,14,17)(H,15,16)/t9-/m1/s1. The molecule has 17 heavy (non-hydrogen) atoms. The third-order valence-electron chi connectivity index (χ3n) is 2.89. The molecule has 0 spiro atoms. The first-order valence-corrected chi connectivity index (χ1v) is 6.03. The van der Waals surface area contributed by atoms with Crippen LogP contribution in [0.2, 0.25) is 0 Å². The summed E-state index contributed by atoms with van der Waals surface area (Å²) < 4.78 is 0. The zero-order valence-corrected chi connectivity index (χ0v) is 11.0. The lowest BCUT2D eigenvalue weighted by Gasteiger charge is -2.24. The van der Waals surface area contributed by atoms with E-state index in [1.54, 1.807) is 0 Å². The van der Waals surface area contributed by atoms with E-state index in [0.717, 1.165) is 6.42 Å². The van der Waals surface area contributed by atoms with Crippen molar-refractivity contribution in [1.82, 2.24) is 5.32 Å². The molecule has 0 saturated heterocycles. The molecule has 5 nitrogen and oxygen atoms in total. The van der Waals surface area contributed by atoms with Crippen molar-refractivity contribution in [2.45, 2.75) is 52.5 Å². The molecular formula is C12H24N2O3. The van der Waals surface area contributed by atoms with Crippen LogP contribution in [0.25, 0.3) is 0 Å². The number of carboxylic acid groups (broad SMARTS) is 1. The van der Waals surface area contributed by atoms with Crippen molar-refractivity contribution in [2.75, 3.05) is 6.54 Å². The molecule has 0 unspecified atom stereocenters. The largest absolute Gasteiger partial charge is 0.481 e. The SMILES string of the molecule is CC[C@@H](N)C(=O)NCCC(C)(C)CCC(=O)O. The molecular weight excluding hydrogens is 220 g/mol. The van der Waals surface area contributed by atoms with Crippen LogP contribution in [0, 0.1) is 5.41 Å². The zero-order chi connectivity index (χ0) is 13.5. The Labute approximate surface area is 103 Å². The van der Waals surface area contributed by atoms with Gasteiger partial charge in [0.2, 0.25) is 5.91 Å². The van der Waals surface area contributed by atoms with Gasteiger partial charge in [0.05, 0.1) is 6.04 Å². The number of nitrogens with one attached hydrogen (secondary N) is 1. The Hall–Kier alpha value is -1.10. The molecule has 0 bridgehead atoms. The number of carbonyl (C=O) groups excluding carboxylic acids is 1. The van der Waals surface area contributed by atoms with E-state index >= 15 is 0 Å². The van der Waals surface area contributed by atoms with Gasteiger partial charge in [-0.3, -0.25) is 9.59 Å². The highest BCUT2D eigenvalue weighted by molar-refractivity contribution is 5.81. The van der Waals surface area contributed by atoms with Gasteiger partial charge in [0.25, 0.3) is 0 Å². The summed E-state index contributed by atoms with van der Waals surface area (Å²) in [7, 11) is 0. The van der Waals surface area contributed by atoms with Gasteiger partial charge in [-0.1, -0.05) is 20.8 Å². The average molecular weight is 244 g/mol. The summed E-state index contributed by atoms with van der Waals surface area (Å²) in [5, 5.41) is 11.4. The van der Waals surface area contributed by atoms with Crippen molar-refractivity contribution in [2.24, 2.45) is 11.1 Å². The van der Waals surface area contributed by atoms with Crippen LogP contribution in [0.15, 0.2) is 0 Å². The second kappa shape index (κ2) is 7.27. The molecule has 0 saturated carbocycles. The summed E-state index contributed by atoms with van der Waals surface area (Å²) in [4.78, 5) is 21.9. The maximum absolute atomic E-state index is 11.4. The number of hydrogen-bond donors (Lipinski definition) is 3. The minimum atomic E-state index is -0.782. The molecule has 0 rings (SSSR count). The summed E-state index contributed by atoms with van der Waals surface area (Å²) in [6, 6.07) is -0.447. The Morgan fingerprint density at radius 2 is 1.94 bits per heavy atom. The minimum absolute atomic E-state index is 0.0814. The predicted molar refractivity (Wildman–Crippen MR) is 66.5 cm³/mol. The van der Waals surface area contributed by atoms with Crippen molar-refractivity contribution < 1.29 is 14.7 Å². The molecule has 1 atom stereocenters. The van der Waals surface area contributed by atoms with Crippen molar-refractivity contribution in [1.29, 1.82) is 0 Å². The van der Waals surface area contributed by atoms with Gasteiger partial charge in [-0.15, -0.1) is 0 Å². The van der Waals surface area contributed by atoms with Gasteiger partial charge in [-0.25, -0.2) is 0 Å². The Balaban J connectivity index is 3.86. The topological polar surface area (TPSA) is 92.4 Å². The highest BCUT2D eigenvalue weighted by atomic mass is 16.4. The summed E-state index contributed by atoms with van der Waals surface area (Å²) in [6.07, 6.45) is 2.14. The van der Waals surface area contributed by atoms with E-state index in [4.69, 9.17) is 10.8 Å². The normalized spacial score (nSPS) is 13.2. The van der Waals surface area contributed by atoms with Crippen LogP contribution >= 0.6 is 0 Å². The van der Waals surface area contributed by atoms with Crippen molar-refractivity contribution in [3.05, 3.63) is 0 Å². The van der Waals surface area contributed by atoms with Crippen LogP contribution in [0.4, 0.5) is 0 Å². The first-order chi connectivity index (χ1) is 7.78. The molecule has 0 aromatic carbocycles. The number of rotatable bonds is 8. The summed E-state index contributed by atoms with van der Waals surface area (Å²) >= 11 is 0. The van der Waals surface area contributed by atoms with E-state index in [1.165, 1.54) is 0 Å². The van der Waals surface area contributed by atoms with Crippen LogP contribution < -0.4 is 11.1 Å². The summed E-state index contributed by atoms with van der Waals surface area (Å²) in [6.45, 7) is 6.41. The van der Waals surface area contributed by atoms with Crippen LogP contribution in [-0.2, 0) is 9.59 Å².